The summed E-state index contributed by atoms with van der Waals surface area (Å²) in [5.41, 5.74) is 2.50. The quantitative estimate of drug-likeness (QED) is 0.625. The number of anilines is 1. The van der Waals surface area contributed by atoms with Crippen LogP contribution in [0.4, 0.5) is 5.82 Å². The Morgan fingerprint density at radius 3 is 2.44 bits per heavy atom. The normalized spacial score (nSPS) is 10.7. The number of para-hydroxylation sites is 1. The number of benzene rings is 2. The van der Waals surface area contributed by atoms with E-state index >= 15 is 0 Å². The number of hydrogen-bond acceptors (Lipinski definition) is 4. The molecule has 0 aliphatic heterocycles. The van der Waals surface area contributed by atoms with Gasteiger partial charge in [0.2, 0.25) is 5.91 Å². The van der Waals surface area contributed by atoms with Gasteiger partial charge < -0.3 is 5.32 Å². The van der Waals surface area contributed by atoms with Crippen LogP contribution in [0, 0.1) is 0 Å². The summed E-state index contributed by atoms with van der Waals surface area (Å²) in [6.07, 6.45) is 3.39. The van der Waals surface area contributed by atoms with Crippen molar-refractivity contribution in [3.8, 4) is 5.69 Å². The Labute approximate surface area is 144 Å². The molecule has 0 fully saturated rings. The van der Waals surface area contributed by atoms with Gasteiger partial charge in [0, 0.05) is 0 Å². The van der Waals surface area contributed by atoms with Crippen molar-refractivity contribution in [2.75, 3.05) is 5.32 Å². The predicted octanol–water partition coefficient (Wildman–Crippen LogP) is 3.00. The van der Waals surface area contributed by atoms with Crippen molar-refractivity contribution in [2.24, 2.45) is 0 Å². The first-order valence-corrected chi connectivity index (χ1v) is 7.89. The summed E-state index contributed by atoms with van der Waals surface area (Å²) in [4.78, 5) is 20.8. The third-order valence-corrected chi connectivity index (χ3v) is 3.83. The highest BCUT2D eigenvalue weighted by molar-refractivity contribution is 5.99. The van der Waals surface area contributed by atoms with Crippen molar-refractivity contribution in [2.45, 2.75) is 6.42 Å². The van der Waals surface area contributed by atoms with E-state index in [1.165, 1.54) is 6.33 Å². The lowest BCUT2D eigenvalue weighted by Gasteiger charge is -2.06. The maximum absolute atomic E-state index is 12.3. The number of hydrogen-bond donors (Lipinski definition) is 1. The molecule has 0 aliphatic carbocycles. The van der Waals surface area contributed by atoms with E-state index in [2.05, 4.69) is 20.4 Å². The highest BCUT2D eigenvalue weighted by Gasteiger charge is 2.13. The van der Waals surface area contributed by atoms with Gasteiger partial charge in [0.25, 0.3) is 0 Å². The number of nitrogens with one attached hydrogen (secondary N) is 1. The summed E-state index contributed by atoms with van der Waals surface area (Å²) in [6, 6.07) is 19.3. The van der Waals surface area contributed by atoms with Crippen LogP contribution in [0.25, 0.3) is 16.7 Å². The molecule has 4 rings (SSSR count). The van der Waals surface area contributed by atoms with Crippen molar-refractivity contribution in [1.82, 2.24) is 19.7 Å². The standard InChI is InChI=1S/C19H15N5O/c25-17(11-14-7-3-1-4-8-14)23-18-16-12-22-24(19(16)21-13-20-18)15-9-5-2-6-10-15/h1-10,12-13H,11H2,(H,20,21,23,25). The summed E-state index contributed by atoms with van der Waals surface area (Å²) in [5, 5.41) is 7.94. The molecule has 6 nitrogen and oxygen atoms in total. The average Bonchev–Trinajstić information content (AvgIpc) is 3.08. The molecule has 6 heteroatoms. The minimum Gasteiger partial charge on any atom is -0.310 e. The Kier molecular flexibility index (Phi) is 3.92. The maximum Gasteiger partial charge on any atom is 0.229 e. The van der Waals surface area contributed by atoms with Gasteiger partial charge in [-0.15, -0.1) is 0 Å². The molecule has 2 aromatic heterocycles. The third-order valence-electron chi connectivity index (χ3n) is 3.83. The molecule has 1 amide bonds. The van der Waals surface area contributed by atoms with Gasteiger partial charge in [0.1, 0.15) is 12.1 Å². The molecule has 0 aliphatic rings. The molecule has 0 spiro atoms. The smallest absolute Gasteiger partial charge is 0.229 e. The van der Waals surface area contributed by atoms with Crippen LogP contribution < -0.4 is 5.32 Å². The van der Waals surface area contributed by atoms with Gasteiger partial charge >= 0.3 is 0 Å². The second kappa shape index (κ2) is 6.52. The van der Waals surface area contributed by atoms with Crippen LogP contribution in [0.5, 0.6) is 0 Å². The van der Waals surface area contributed by atoms with Crippen molar-refractivity contribution in [3.05, 3.63) is 78.8 Å². The van der Waals surface area contributed by atoms with E-state index in [4.69, 9.17) is 0 Å². The first kappa shape index (κ1) is 15.0. The zero-order chi connectivity index (χ0) is 17.1. The average molecular weight is 329 g/mol. The minimum absolute atomic E-state index is 0.126. The monoisotopic (exact) mass is 329 g/mol. The number of amides is 1. The van der Waals surface area contributed by atoms with Crippen LogP contribution in [0.15, 0.2) is 73.2 Å². The van der Waals surface area contributed by atoms with Crippen molar-refractivity contribution in [3.63, 3.8) is 0 Å². The maximum atomic E-state index is 12.3. The number of fused-ring (bicyclic) bond motifs is 1. The fourth-order valence-corrected chi connectivity index (χ4v) is 2.66. The molecule has 4 aromatic rings. The molecule has 1 N–H and O–H groups in total. The SMILES string of the molecule is O=C(Cc1ccccc1)Nc1ncnc2c1cnn2-c1ccccc1. The van der Waals surface area contributed by atoms with E-state index in [0.29, 0.717) is 23.3 Å². The largest absolute Gasteiger partial charge is 0.310 e. The number of carbonyl (C=O) groups is 1. The summed E-state index contributed by atoms with van der Waals surface area (Å²) in [6.45, 7) is 0. The van der Waals surface area contributed by atoms with Gasteiger partial charge in [-0.2, -0.15) is 5.10 Å². The number of aromatic nitrogens is 4. The van der Waals surface area contributed by atoms with E-state index in [1.54, 1.807) is 10.9 Å². The van der Waals surface area contributed by atoms with Gasteiger partial charge in [0.05, 0.1) is 23.7 Å². The summed E-state index contributed by atoms with van der Waals surface area (Å²) in [7, 11) is 0. The van der Waals surface area contributed by atoms with Gasteiger partial charge in [-0.3, -0.25) is 4.79 Å². The van der Waals surface area contributed by atoms with Crippen molar-refractivity contribution < 1.29 is 4.79 Å². The van der Waals surface area contributed by atoms with Crippen LogP contribution >= 0.6 is 0 Å². The molecule has 0 radical (unpaired) electrons. The minimum atomic E-state index is -0.126. The van der Waals surface area contributed by atoms with Crippen LogP contribution in [-0.4, -0.2) is 25.7 Å². The molecule has 2 aromatic carbocycles. The Bertz CT molecular complexity index is 1010. The Morgan fingerprint density at radius 2 is 1.68 bits per heavy atom. The molecule has 0 atom stereocenters. The van der Waals surface area contributed by atoms with Gasteiger partial charge in [-0.1, -0.05) is 48.5 Å². The van der Waals surface area contributed by atoms with Crippen LogP contribution in [0.3, 0.4) is 0 Å². The molecule has 0 bridgehead atoms. The van der Waals surface area contributed by atoms with Crippen molar-refractivity contribution in [1.29, 1.82) is 0 Å². The summed E-state index contributed by atoms with van der Waals surface area (Å²) < 4.78 is 1.73. The summed E-state index contributed by atoms with van der Waals surface area (Å²) >= 11 is 0. The van der Waals surface area contributed by atoms with E-state index < -0.39 is 0 Å². The molecule has 0 saturated carbocycles. The lowest BCUT2D eigenvalue weighted by molar-refractivity contribution is -0.115. The van der Waals surface area contributed by atoms with Gasteiger partial charge in [-0.25, -0.2) is 14.6 Å². The van der Waals surface area contributed by atoms with Gasteiger partial charge in [0.15, 0.2) is 5.65 Å². The first-order valence-electron chi connectivity index (χ1n) is 7.89. The molecule has 0 saturated heterocycles. The van der Waals surface area contributed by atoms with E-state index in [0.717, 1.165) is 11.3 Å². The number of carbonyl (C=O) groups excluding carboxylic acids is 1. The van der Waals surface area contributed by atoms with Crippen LogP contribution in [0.1, 0.15) is 5.56 Å². The predicted molar refractivity (Wildman–Crippen MR) is 95.4 cm³/mol. The van der Waals surface area contributed by atoms with Crippen LogP contribution in [0.2, 0.25) is 0 Å². The molecular weight excluding hydrogens is 314 g/mol. The molecule has 122 valence electrons. The topological polar surface area (TPSA) is 72.7 Å². The van der Waals surface area contributed by atoms with E-state index in [9.17, 15) is 4.79 Å². The Balaban J connectivity index is 1.63. The Morgan fingerprint density at radius 1 is 0.960 bits per heavy atom. The lowest BCUT2D eigenvalue weighted by atomic mass is 10.1. The van der Waals surface area contributed by atoms with E-state index in [1.807, 2.05) is 60.7 Å². The molecular formula is C19H15N5O. The second-order valence-electron chi connectivity index (χ2n) is 5.56. The molecule has 2 heterocycles. The van der Waals surface area contributed by atoms with E-state index in [-0.39, 0.29) is 5.91 Å². The number of rotatable bonds is 4. The lowest BCUT2D eigenvalue weighted by Crippen LogP contribution is -2.15. The highest BCUT2D eigenvalue weighted by atomic mass is 16.1. The number of nitrogens with zero attached hydrogens (tertiary/aromatic N) is 4. The zero-order valence-corrected chi connectivity index (χ0v) is 13.3. The summed E-state index contributed by atoms with van der Waals surface area (Å²) in [5.74, 6) is 0.340. The van der Waals surface area contributed by atoms with Crippen LogP contribution in [-0.2, 0) is 11.2 Å². The van der Waals surface area contributed by atoms with Crippen molar-refractivity contribution >= 4 is 22.8 Å². The zero-order valence-electron chi connectivity index (χ0n) is 13.3. The highest BCUT2D eigenvalue weighted by Crippen LogP contribution is 2.21. The second-order valence-corrected chi connectivity index (χ2v) is 5.56. The first-order chi connectivity index (χ1) is 12.3. The molecule has 0 unspecified atom stereocenters. The van der Waals surface area contributed by atoms with Gasteiger partial charge in [-0.05, 0) is 17.7 Å². The fourth-order valence-electron chi connectivity index (χ4n) is 2.66. The molecule has 25 heavy (non-hydrogen) atoms. The third kappa shape index (κ3) is 3.10. The Hall–Kier alpha value is -3.54. The fraction of sp³-hybridized carbons (Fsp3) is 0.0526.